The van der Waals surface area contributed by atoms with Crippen molar-refractivity contribution in [3.63, 3.8) is 0 Å². The van der Waals surface area contributed by atoms with Crippen molar-refractivity contribution in [3.05, 3.63) is 38.9 Å². The number of carbonyl (C=O) groups is 1. The lowest BCUT2D eigenvalue weighted by Gasteiger charge is -2.18. The lowest BCUT2D eigenvalue weighted by Crippen LogP contribution is -2.41. The molecule has 6 nitrogen and oxygen atoms in total. The molecule has 1 unspecified atom stereocenters. The first kappa shape index (κ1) is 19.6. The number of nitrogens with zero attached hydrogens (tertiary/aromatic N) is 1. The zero-order valence-corrected chi connectivity index (χ0v) is 13.4. The highest BCUT2D eigenvalue weighted by atomic mass is 35.5. The van der Waals surface area contributed by atoms with Gasteiger partial charge in [-0.15, -0.1) is 12.4 Å². The van der Waals surface area contributed by atoms with Gasteiger partial charge in [0.05, 0.1) is 4.92 Å². The number of rotatable bonds is 6. The van der Waals surface area contributed by atoms with Crippen LogP contribution in [0.2, 0.25) is 5.02 Å². The molecule has 8 heteroatoms. The third kappa shape index (κ3) is 5.87. The van der Waals surface area contributed by atoms with Crippen LogP contribution in [0.25, 0.3) is 0 Å². The molecular weight excluding hydrogens is 317 g/mol. The van der Waals surface area contributed by atoms with E-state index in [1.807, 2.05) is 13.8 Å². The van der Waals surface area contributed by atoms with Crippen molar-refractivity contribution in [2.75, 3.05) is 6.54 Å². The molecule has 118 valence electrons. The first-order chi connectivity index (χ1) is 9.35. The SMILES string of the molecule is CC(C)CC(CN)NC(=O)c1ccc(Cl)cc1[N+](=O)[O-].Cl. The van der Waals surface area contributed by atoms with E-state index in [2.05, 4.69) is 5.32 Å². The number of carbonyl (C=O) groups excluding carboxylic acids is 1. The number of halogens is 2. The summed E-state index contributed by atoms with van der Waals surface area (Å²) in [6.45, 7) is 4.31. The molecule has 0 aliphatic rings. The molecule has 0 heterocycles. The predicted octanol–water partition coefficient (Wildman–Crippen LogP) is 2.77. The second-order valence-electron chi connectivity index (χ2n) is 4.95. The molecule has 1 atom stereocenters. The van der Waals surface area contributed by atoms with Gasteiger partial charge in [0, 0.05) is 23.7 Å². The van der Waals surface area contributed by atoms with Gasteiger partial charge < -0.3 is 11.1 Å². The predicted molar refractivity (Wildman–Crippen MR) is 85.1 cm³/mol. The molecular formula is C13H19Cl2N3O3. The van der Waals surface area contributed by atoms with Crippen LogP contribution in [0.15, 0.2) is 18.2 Å². The molecule has 3 N–H and O–H groups in total. The highest BCUT2D eigenvalue weighted by molar-refractivity contribution is 6.31. The average molecular weight is 336 g/mol. The highest BCUT2D eigenvalue weighted by Crippen LogP contribution is 2.23. The van der Waals surface area contributed by atoms with Crippen molar-refractivity contribution in [1.29, 1.82) is 0 Å². The molecule has 0 saturated heterocycles. The van der Waals surface area contributed by atoms with Gasteiger partial charge in [0.25, 0.3) is 11.6 Å². The number of nitro groups is 1. The Morgan fingerprint density at radius 3 is 2.57 bits per heavy atom. The standard InChI is InChI=1S/C13H18ClN3O3.ClH/c1-8(2)5-10(7-15)16-13(18)11-4-3-9(14)6-12(11)17(19)20;/h3-4,6,8,10H,5,7,15H2,1-2H3,(H,16,18);1H. The summed E-state index contributed by atoms with van der Waals surface area (Å²) in [6.07, 6.45) is 0.712. The first-order valence-electron chi connectivity index (χ1n) is 6.30. The van der Waals surface area contributed by atoms with Crippen molar-refractivity contribution < 1.29 is 9.72 Å². The molecule has 0 aliphatic carbocycles. The fraction of sp³-hybridized carbons (Fsp3) is 0.462. The Morgan fingerprint density at radius 2 is 2.10 bits per heavy atom. The minimum atomic E-state index is -0.624. The number of hydrogen-bond donors (Lipinski definition) is 2. The van der Waals surface area contributed by atoms with Gasteiger partial charge in [-0.3, -0.25) is 14.9 Å². The largest absolute Gasteiger partial charge is 0.348 e. The second-order valence-corrected chi connectivity index (χ2v) is 5.39. The number of amides is 1. The maximum Gasteiger partial charge on any atom is 0.283 e. The second kappa shape index (κ2) is 8.81. The Labute approximate surface area is 134 Å². The van der Waals surface area contributed by atoms with Gasteiger partial charge in [-0.05, 0) is 24.5 Å². The van der Waals surface area contributed by atoms with Gasteiger partial charge in [0.2, 0.25) is 0 Å². The van der Waals surface area contributed by atoms with Gasteiger partial charge in [-0.2, -0.15) is 0 Å². The van der Waals surface area contributed by atoms with Crippen LogP contribution in [-0.2, 0) is 0 Å². The van der Waals surface area contributed by atoms with Crippen molar-refractivity contribution in [2.45, 2.75) is 26.3 Å². The van der Waals surface area contributed by atoms with Gasteiger partial charge in [0.15, 0.2) is 0 Å². The molecule has 0 bridgehead atoms. The minimum Gasteiger partial charge on any atom is -0.348 e. The molecule has 21 heavy (non-hydrogen) atoms. The van der Waals surface area contributed by atoms with E-state index in [1.54, 1.807) is 0 Å². The fourth-order valence-electron chi connectivity index (χ4n) is 1.89. The van der Waals surface area contributed by atoms with E-state index in [0.717, 1.165) is 6.07 Å². The molecule has 1 rings (SSSR count). The Balaban J connectivity index is 0.00000400. The number of nitrogens with one attached hydrogen (secondary N) is 1. The lowest BCUT2D eigenvalue weighted by molar-refractivity contribution is -0.385. The summed E-state index contributed by atoms with van der Waals surface area (Å²) >= 11 is 5.71. The third-order valence-electron chi connectivity index (χ3n) is 2.78. The van der Waals surface area contributed by atoms with E-state index in [9.17, 15) is 14.9 Å². The smallest absolute Gasteiger partial charge is 0.283 e. The zero-order chi connectivity index (χ0) is 15.3. The topological polar surface area (TPSA) is 98.3 Å². The van der Waals surface area contributed by atoms with Crippen molar-refractivity contribution >= 4 is 35.6 Å². The van der Waals surface area contributed by atoms with Crippen LogP contribution in [0.1, 0.15) is 30.6 Å². The van der Waals surface area contributed by atoms with Crippen molar-refractivity contribution in [2.24, 2.45) is 11.7 Å². The quantitative estimate of drug-likeness (QED) is 0.616. The molecule has 1 amide bonds. The zero-order valence-electron chi connectivity index (χ0n) is 11.8. The fourth-order valence-corrected chi connectivity index (χ4v) is 2.06. The normalized spacial score (nSPS) is 11.7. The molecule has 0 spiro atoms. The summed E-state index contributed by atoms with van der Waals surface area (Å²) in [4.78, 5) is 22.4. The van der Waals surface area contributed by atoms with Crippen LogP contribution >= 0.6 is 24.0 Å². The van der Waals surface area contributed by atoms with Crippen LogP contribution in [0.3, 0.4) is 0 Å². The summed E-state index contributed by atoms with van der Waals surface area (Å²) in [5.74, 6) is -0.145. The number of nitro benzene ring substituents is 1. The molecule has 0 aromatic heterocycles. The van der Waals surface area contributed by atoms with Crippen LogP contribution in [-0.4, -0.2) is 23.4 Å². The van der Waals surface area contributed by atoms with Crippen LogP contribution in [0, 0.1) is 16.0 Å². The Bertz CT molecular complexity index is 509. The molecule has 0 saturated carbocycles. The summed E-state index contributed by atoms with van der Waals surface area (Å²) in [5, 5.41) is 13.9. The maximum atomic E-state index is 12.1. The molecule has 1 aromatic carbocycles. The number of hydrogen-bond acceptors (Lipinski definition) is 4. The Morgan fingerprint density at radius 1 is 1.48 bits per heavy atom. The van der Waals surface area contributed by atoms with Crippen LogP contribution < -0.4 is 11.1 Å². The third-order valence-corrected chi connectivity index (χ3v) is 3.01. The average Bonchev–Trinajstić information content (AvgIpc) is 2.36. The first-order valence-corrected chi connectivity index (χ1v) is 6.67. The molecule has 0 radical (unpaired) electrons. The number of nitrogens with two attached hydrogens (primary N) is 1. The lowest BCUT2D eigenvalue weighted by atomic mass is 10.0. The van der Waals surface area contributed by atoms with Gasteiger partial charge in [-0.25, -0.2) is 0 Å². The van der Waals surface area contributed by atoms with Crippen LogP contribution in [0.5, 0.6) is 0 Å². The number of benzene rings is 1. The Hall–Kier alpha value is -1.37. The molecule has 0 aliphatic heterocycles. The monoisotopic (exact) mass is 335 g/mol. The summed E-state index contributed by atoms with van der Waals surface area (Å²) in [6, 6.07) is 3.75. The van der Waals surface area contributed by atoms with Gasteiger partial charge >= 0.3 is 0 Å². The molecule has 1 aromatic rings. The van der Waals surface area contributed by atoms with E-state index in [4.69, 9.17) is 17.3 Å². The van der Waals surface area contributed by atoms with E-state index in [1.165, 1.54) is 12.1 Å². The minimum absolute atomic E-state index is 0. The molecule has 0 fully saturated rings. The summed E-state index contributed by atoms with van der Waals surface area (Å²) in [7, 11) is 0. The van der Waals surface area contributed by atoms with E-state index in [0.29, 0.717) is 12.3 Å². The van der Waals surface area contributed by atoms with E-state index in [-0.39, 0.29) is 41.3 Å². The van der Waals surface area contributed by atoms with Crippen LogP contribution in [0.4, 0.5) is 5.69 Å². The van der Waals surface area contributed by atoms with Gasteiger partial charge in [-0.1, -0.05) is 25.4 Å². The van der Waals surface area contributed by atoms with E-state index >= 15 is 0 Å². The Kier molecular flexibility index (Phi) is 8.24. The van der Waals surface area contributed by atoms with Crippen molar-refractivity contribution in [3.8, 4) is 0 Å². The van der Waals surface area contributed by atoms with Crippen molar-refractivity contribution in [1.82, 2.24) is 5.32 Å². The summed E-state index contributed by atoms with van der Waals surface area (Å²) in [5.41, 5.74) is 5.28. The van der Waals surface area contributed by atoms with E-state index < -0.39 is 10.8 Å². The maximum absolute atomic E-state index is 12.1. The highest BCUT2D eigenvalue weighted by Gasteiger charge is 2.22. The summed E-state index contributed by atoms with van der Waals surface area (Å²) < 4.78 is 0. The van der Waals surface area contributed by atoms with Gasteiger partial charge in [0.1, 0.15) is 5.56 Å².